The molecule has 0 radical (unpaired) electrons. The fourth-order valence-corrected chi connectivity index (χ4v) is 9.67. The molecule has 0 bridgehead atoms. The van der Waals surface area contributed by atoms with E-state index in [0.717, 1.165) is 0 Å². The molecule has 21 heavy (non-hydrogen) atoms. The van der Waals surface area contributed by atoms with Crippen LogP contribution in [0.3, 0.4) is 0 Å². The zero-order valence-electron chi connectivity index (χ0n) is 11.8. The summed E-state index contributed by atoms with van der Waals surface area (Å²) in [4.78, 5) is 0. The maximum absolute atomic E-state index is 2.29. The van der Waals surface area contributed by atoms with Crippen molar-refractivity contribution in [1.82, 2.24) is 0 Å². The summed E-state index contributed by atoms with van der Waals surface area (Å²) in [5, 5.41) is 0. The van der Waals surface area contributed by atoms with Crippen LogP contribution in [0.4, 0.5) is 0 Å². The molecule has 0 unspecified atom stereocenters. The third-order valence-electron chi connectivity index (χ3n) is 3.19. The van der Waals surface area contributed by atoms with Gasteiger partial charge in [-0.25, -0.2) is 0 Å². The first-order valence-electron chi connectivity index (χ1n) is 6.48. The van der Waals surface area contributed by atoms with Crippen molar-refractivity contribution in [3.63, 3.8) is 0 Å². The Kier molecular flexibility index (Phi) is 7.15. The second kappa shape index (κ2) is 8.62. The molecule has 0 spiro atoms. The Balaban J connectivity index is 0.00000110. The monoisotopic (exact) mass is 389 g/mol. The van der Waals surface area contributed by atoms with Gasteiger partial charge in [0.25, 0.3) is 0 Å². The second-order valence-corrected chi connectivity index (χ2v) is 11.6. The molecule has 3 aromatic rings. The summed E-state index contributed by atoms with van der Waals surface area (Å²) in [5.41, 5.74) is 0. The van der Waals surface area contributed by atoms with E-state index in [9.17, 15) is 0 Å². The van der Waals surface area contributed by atoms with Crippen molar-refractivity contribution in [1.29, 1.82) is 0 Å². The Morgan fingerprint density at radius 3 is 0.857 bits per heavy atom. The van der Waals surface area contributed by atoms with E-state index in [1.165, 1.54) is 10.7 Å². The van der Waals surface area contributed by atoms with Gasteiger partial charge in [0.05, 0.1) is 0 Å². The minimum absolute atomic E-state index is 0. The van der Waals surface area contributed by atoms with Gasteiger partial charge in [-0.05, 0) is 0 Å². The summed E-state index contributed by atoms with van der Waals surface area (Å²) in [7, 11) is 0. The van der Waals surface area contributed by atoms with Crippen LogP contribution in [0.25, 0.3) is 0 Å². The van der Waals surface area contributed by atoms with Crippen LogP contribution in [-0.4, -0.2) is 19.8 Å². The molecule has 106 valence electrons. The SMILES string of the molecule is [OH3+].[OH3+].c1cc[c]([Sn+]([c]2ccccc2)[c]2ccccc2)cc1. The van der Waals surface area contributed by atoms with Gasteiger partial charge < -0.3 is 11.0 Å². The summed E-state index contributed by atoms with van der Waals surface area (Å²) >= 11 is -1.98. The molecule has 0 amide bonds. The summed E-state index contributed by atoms with van der Waals surface area (Å²) in [6.07, 6.45) is 0. The molecule has 0 atom stereocenters. The predicted octanol–water partition coefficient (Wildman–Crippen LogP) is 0.359. The predicted molar refractivity (Wildman–Crippen MR) is 93.7 cm³/mol. The Labute approximate surface area is 132 Å². The summed E-state index contributed by atoms with van der Waals surface area (Å²) in [5.74, 6) is 0. The topological polar surface area (TPSA) is 66.0 Å². The number of hydrogen-bond acceptors (Lipinski definition) is 0. The summed E-state index contributed by atoms with van der Waals surface area (Å²) in [6.45, 7) is 0. The molecule has 0 saturated heterocycles. The van der Waals surface area contributed by atoms with Gasteiger partial charge in [0.1, 0.15) is 0 Å². The van der Waals surface area contributed by atoms with Crippen molar-refractivity contribution in [2.45, 2.75) is 0 Å². The summed E-state index contributed by atoms with van der Waals surface area (Å²) in [6, 6.07) is 32.9. The van der Waals surface area contributed by atoms with Crippen LogP contribution in [0.15, 0.2) is 91.0 Å². The molecule has 6 N–H and O–H groups in total. The van der Waals surface area contributed by atoms with Crippen molar-refractivity contribution in [3.8, 4) is 0 Å². The molecule has 0 heterocycles. The van der Waals surface area contributed by atoms with E-state index in [4.69, 9.17) is 0 Å². The third-order valence-corrected chi connectivity index (χ3v) is 11.0. The molecule has 0 fully saturated rings. The molecule has 3 rings (SSSR count). The average Bonchev–Trinajstić information content (AvgIpc) is 2.51. The van der Waals surface area contributed by atoms with E-state index >= 15 is 0 Å². The van der Waals surface area contributed by atoms with Gasteiger partial charge >= 0.3 is 121 Å². The van der Waals surface area contributed by atoms with Gasteiger partial charge in [-0.15, -0.1) is 0 Å². The molecule has 3 aromatic carbocycles. The molecule has 0 aromatic heterocycles. The Bertz CT molecular complexity index is 533. The van der Waals surface area contributed by atoms with Crippen LogP contribution in [0.2, 0.25) is 0 Å². The minimum atomic E-state index is -1.98. The zero-order chi connectivity index (χ0) is 12.9. The van der Waals surface area contributed by atoms with Gasteiger partial charge in [0.15, 0.2) is 0 Å². The normalized spacial score (nSPS) is 9.14. The molecular formula is C18H21O2Sn+3. The Morgan fingerprint density at radius 1 is 0.381 bits per heavy atom. The first kappa shape index (κ1) is 17.4. The van der Waals surface area contributed by atoms with Gasteiger partial charge in [-0.1, -0.05) is 0 Å². The molecule has 3 heteroatoms. The van der Waals surface area contributed by atoms with Gasteiger partial charge in [0.2, 0.25) is 0 Å². The van der Waals surface area contributed by atoms with Crippen LogP contribution in [0, 0.1) is 0 Å². The van der Waals surface area contributed by atoms with Gasteiger partial charge in [-0.3, -0.25) is 0 Å². The van der Waals surface area contributed by atoms with E-state index in [1.54, 1.807) is 0 Å². The molecule has 0 aliphatic rings. The van der Waals surface area contributed by atoms with Crippen molar-refractivity contribution < 1.29 is 11.0 Å². The molecule has 0 aliphatic heterocycles. The van der Waals surface area contributed by atoms with E-state index < -0.39 is 19.8 Å². The number of rotatable bonds is 3. The van der Waals surface area contributed by atoms with Crippen LogP contribution < -0.4 is 10.7 Å². The van der Waals surface area contributed by atoms with Crippen LogP contribution >= 0.6 is 0 Å². The maximum atomic E-state index is 2.29. The fourth-order valence-electron chi connectivity index (χ4n) is 2.31. The number of hydrogen-bond donors (Lipinski definition) is 0. The van der Waals surface area contributed by atoms with Crippen molar-refractivity contribution in [2.75, 3.05) is 0 Å². The van der Waals surface area contributed by atoms with Gasteiger partial charge in [-0.2, -0.15) is 0 Å². The van der Waals surface area contributed by atoms with Crippen molar-refractivity contribution >= 4 is 30.5 Å². The van der Waals surface area contributed by atoms with E-state index in [1.807, 2.05) is 0 Å². The fraction of sp³-hybridized carbons (Fsp3) is 0. The Morgan fingerprint density at radius 2 is 0.619 bits per heavy atom. The third kappa shape index (κ3) is 4.17. The standard InChI is InChI=1S/3C6H5.2H2O.Sn/c3*1-2-4-6-5-3-1;;;/h3*1-5H;2*1H2;/q;;;;;+1/p+2. The van der Waals surface area contributed by atoms with Crippen molar-refractivity contribution in [3.05, 3.63) is 91.0 Å². The number of benzene rings is 3. The quantitative estimate of drug-likeness (QED) is 0.460. The first-order valence-corrected chi connectivity index (χ1v) is 10.8. The van der Waals surface area contributed by atoms with E-state index in [2.05, 4.69) is 91.0 Å². The van der Waals surface area contributed by atoms with E-state index in [-0.39, 0.29) is 11.0 Å². The van der Waals surface area contributed by atoms with Crippen LogP contribution in [0.5, 0.6) is 0 Å². The first-order chi connectivity index (χ1) is 9.45. The van der Waals surface area contributed by atoms with Gasteiger partial charge in [0, 0.05) is 0 Å². The zero-order valence-corrected chi connectivity index (χ0v) is 14.7. The van der Waals surface area contributed by atoms with E-state index in [0.29, 0.717) is 0 Å². The van der Waals surface area contributed by atoms with Crippen molar-refractivity contribution in [2.24, 2.45) is 0 Å². The van der Waals surface area contributed by atoms with Crippen LogP contribution in [0.1, 0.15) is 0 Å². The van der Waals surface area contributed by atoms with Crippen LogP contribution in [-0.2, 0) is 11.0 Å². The summed E-state index contributed by atoms with van der Waals surface area (Å²) < 4.78 is 4.59. The molecular weight excluding hydrogens is 367 g/mol. The Hall–Kier alpha value is -1.62. The second-order valence-electron chi connectivity index (χ2n) is 4.47. The average molecular weight is 388 g/mol. The molecule has 0 aliphatic carbocycles. The molecule has 0 saturated carbocycles. The molecule has 2 nitrogen and oxygen atoms in total.